The van der Waals surface area contributed by atoms with E-state index in [0.717, 1.165) is 11.4 Å². The van der Waals surface area contributed by atoms with Gasteiger partial charge in [-0.3, -0.25) is 4.79 Å². The molecule has 0 aliphatic carbocycles. The molecule has 0 aliphatic rings. The van der Waals surface area contributed by atoms with Crippen molar-refractivity contribution >= 4 is 23.2 Å². The van der Waals surface area contributed by atoms with Gasteiger partial charge in [0.05, 0.1) is 5.01 Å². The third-order valence-corrected chi connectivity index (χ3v) is 2.82. The molecule has 0 atom stereocenters. The summed E-state index contributed by atoms with van der Waals surface area (Å²) in [5.74, 6) is -0.991. The van der Waals surface area contributed by atoms with Crippen LogP contribution in [0.1, 0.15) is 35.3 Å². The average Bonchev–Trinajstić information content (AvgIpc) is 2.67. The van der Waals surface area contributed by atoms with E-state index in [1.165, 1.54) is 16.7 Å². The average molecular weight is 242 g/mol. The summed E-state index contributed by atoms with van der Waals surface area (Å²) in [6, 6.07) is 0. The van der Waals surface area contributed by atoms with Gasteiger partial charge in [0.2, 0.25) is 5.91 Å². The van der Waals surface area contributed by atoms with Gasteiger partial charge in [0.15, 0.2) is 5.69 Å². The van der Waals surface area contributed by atoms with Crippen LogP contribution in [0.25, 0.3) is 0 Å². The van der Waals surface area contributed by atoms with Gasteiger partial charge in [-0.1, -0.05) is 6.92 Å². The van der Waals surface area contributed by atoms with Crippen LogP contribution < -0.4 is 5.32 Å². The molecule has 0 unspecified atom stereocenters. The van der Waals surface area contributed by atoms with Gasteiger partial charge in [0, 0.05) is 24.8 Å². The standard InChI is InChI=1S/C10H14N2O3S/c1-2-3-8(13)11-5-4-9-12-7(6-16-9)10(14)15/h6H,2-5H2,1H3,(H,11,13)(H,14,15). The minimum Gasteiger partial charge on any atom is -0.476 e. The Morgan fingerprint density at radius 1 is 1.56 bits per heavy atom. The van der Waals surface area contributed by atoms with E-state index in [4.69, 9.17) is 5.11 Å². The van der Waals surface area contributed by atoms with Gasteiger partial charge in [-0.2, -0.15) is 0 Å². The van der Waals surface area contributed by atoms with Crippen molar-refractivity contribution in [1.82, 2.24) is 10.3 Å². The van der Waals surface area contributed by atoms with Gasteiger partial charge >= 0.3 is 5.97 Å². The minimum atomic E-state index is -1.02. The first kappa shape index (κ1) is 12.6. The summed E-state index contributed by atoms with van der Waals surface area (Å²) in [6.45, 7) is 2.45. The van der Waals surface area contributed by atoms with Crippen LogP contribution in [0, 0.1) is 0 Å². The lowest BCUT2D eigenvalue weighted by atomic mass is 10.3. The molecule has 1 amide bonds. The molecule has 1 heterocycles. The largest absolute Gasteiger partial charge is 0.476 e. The van der Waals surface area contributed by atoms with E-state index in [2.05, 4.69) is 10.3 Å². The zero-order valence-electron chi connectivity index (χ0n) is 9.02. The van der Waals surface area contributed by atoms with Crippen molar-refractivity contribution < 1.29 is 14.7 Å². The van der Waals surface area contributed by atoms with Crippen LogP contribution in [0.5, 0.6) is 0 Å². The Hall–Kier alpha value is -1.43. The van der Waals surface area contributed by atoms with Crippen LogP contribution >= 0.6 is 11.3 Å². The number of carbonyl (C=O) groups is 2. The van der Waals surface area contributed by atoms with Crippen LogP contribution in [0.2, 0.25) is 0 Å². The third kappa shape index (κ3) is 3.98. The molecular weight excluding hydrogens is 228 g/mol. The predicted octanol–water partition coefficient (Wildman–Crippen LogP) is 1.30. The minimum absolute atomic E-state index is 0.0255. The second-order valence-corrected chi connectivity index (χ2v) is 4.22. The summed E-state index contributed by atoms with van der Waals surface area (Å²) >= 11 is 1.30. The Morgan fingerprint density at radius 3 is 2.88 bits per heavy atom. The molecule has 0 aromatic carbocycles. The second kappa shape index (κ2) is 6.22. The number of thiazole rings is 1. The monoisotopic (exact) mass is 242 g/mol. The number of hydrogen-bond donors (Lipinski definition) is 2. The number of nitrogens with one attached hydrogen (secondary N) is 1. The highest BCUT2D eigenvalue weighted by atomic mass is 32.1. The van der Waals surface area contributed by atoms with Gasteiger partial charge in [-0.25, -0.2) is 9.78 Å². The SMILES string of the molecule is CCCC(=O)NCCc1nc(C(=O)O)cs1. The van der Waals surface area contributed by atoms with Gasteiger partial charge in [-0.05, 0) is 6.42 Å². The van der Waals surface area contributed by atoms with Crippen molar-refractivity contribution in [3.63, 3.8) is 0 Å². The van der Waals surface area contributed by atoms with Crippen LogP contribution in [-0.4, -0.2) is 28.5 Å². The lowest BCUT2D eigenvalue weighted by Crippen LogP contribution is -2.25. The van der Waals surface area contributed by atoms with E-state index in [1.54, 1.807) is 0 Å². The molecule has 0 saturated heterocycles. The van der Waals surface area contributed by atoms with Crippen molar-refractivity contribution in [3.8, 4) is 0 Å². The fraction of sp³-hybridized carbons (Fsp3) is 0.500. The van der Waals surface area contributed by atoms with Crippen LogP contribution in [-0.2, 0) is 11.2 Å². The molecule has 1 aromatic heterocycles. The number of amides is 1. The van der Waals surface area contributed by atoms with Crippen molar-refractivity contribution in [2.75, 3.05) is 6.54 Å². The smallest absolute Gasteiger partial charge is 0.355 e. The van der Waals surface area contributed by atoms with Crippen molar-refractivity contribution in [2.24, 2.45) is 0 Å². The Labute approximate surface area is 97.5 Å². The van der Waals surface area contributed by atoms with Gasteiger partial charge in [0.25, 0.3) is 0 Å². The second-order valence-electron chi connectivity index (χ2n) is 3.28. The van der Waals surface area contributed by atoms with E-state index in [9.17, 15) is 9.59 Å². The number of nitrogens with zero attached hydrogens (tertiary/aromatic N) is 1. The molecule has 0 spiro atoms. The fourth-order valence-electron chi connectivity index (χ4n) is 1.15. The molecule has 6 heteroatoms. The van der Waals surface area contributed by atoms with Crippen LogP contribution in [0.15, 0.2) is 5.38 Å². The van der Waals surface area contributed by atoms with Crippen LogP contribution in [0.3, 0.4) is 0 Å². The maximum atomic E-state index is 11.1. The Balaban J connectivity index is 2.32. The molecule has 16 heavy (non-hydrogen) atoms. The summed E-state index contributed by atoms with van der Waals surface area (Å²) < 4.78 is 0. The number of carboxylic acids is 1. The number of hydrogen-bond acceptors (Lipinski definition) is 4. The molecular formula is C10H14N2O3S. The topological polar surface area (TPSA) is 79.3 Å². The Bertz CT molecular complexity index is 376. The zero-order chi connectivity index (χ0) is 12.0. The first-order valence-corrected chi connectivity index (χ1v) is 5.95. The molecule has 0 radical (unpaired) electrons. The highest BCUT2D eigenvalue weighted by Gasteiger charge is 2.08. The quantitative estimate of drug-likeness (QED) is 0.788. The number of aromatic carboxylic acids is 1. The maximum Gasteiger partial charge on any atom is 0.355 e. The summed E-state index contributed by atoms with van der Waals surface area (Å²) in [5.41, 5.74) is 0.0693. The predicted molar refractivity (Wildman–Crippen MR) is 60.7 cm³/mol. The number of rotatable bonds is 6. The molecule has 1 rings (SSSR count). The first-order chi connectivity index (χ1) is 7.63. The third-order valence-electron chi connectivity index (χ3n) is 1.91. The fourth-order valence-corrected chi connectivity index (χ4v) is 1.92. The molecule has 1 aromatic rings. The molecule has 2 N–H and O–H groups in total. The first-order valence-electron chi connectivity index (χ1n) is 5.08. The van der Waals surface area contributed by atoms with Gasteiger partial charge in [0.1, 0.15) is 0 Å². The summed E-state index contributed by atoms with van der Waals surface area (Å²) in [7, 11) is 0. The number of aromatic nitrogens is 1. The molecule has 88 valence electrons. The van der Waals surface area contributed by atoms with Crippen molar-refractivity contribution in [1.29, 1.82) is 0 Å². The highest BCUT2D eigenvalue weighted by molar-refractivity contribution is 7.09. The molecule has 0 saturated carbocycles. The molecule has 5 nitrogen and oxygen atoms in total. The number of carbonyl (C=O) groups excluding carboxylic acids is 1. The molecule has 0 fully saturated rings. The molecule has 0 bridgehead atoms. The zero-order valence-corrected chi connectivity index (χ0v) is 9.84. The summed E-state index contributed by atoms with van der Waals surface area (Å²) in [4.78, 5) is 25.6. The molecule has 0 aliphatic heterocycles. The van der Waals surface area contributed by atoms with Crippen LogP contribution in [0.4, 0.5) is 0 Å². The highest BCUT2D eigenvalue weighted by Crippen LogP contribution is 2.09. The van der Waals surface area contributed by atoms with Gasteiger partial charge < -0.3 is 10.4 Å². The Kier molecular flexibility index (Phi) is 4.91. The van der Waals surface area contributed by atoms with E-state index in [0.29, 0.717) is 19.4 Å². The number of carboxylic acid groups (broad SMARTS) is 1. The summed E-state index contributed by atoms with van der Waals surface area (Å²) in [5, 5.41) is 13.6. The van der Waals surface area contributed by atoms with E-state index < -0.39 is 5.97 Å². The van der Waals surface area contributed by atoms with Crippen molar-refractivity contribution in [3.05, 3.63) is 16.1 Å². The lowest BCUT2D eigenvalue weighted by molar-refractivity contribution is -0.121. The van der Waals surface area contributed by atoms with Gasteiger partial charge in [-0.15, -0.1) is 11.3 Å². The normalized spacial score (nSPS) is 10.1. The van der Waals surface area contributed by atoms with E-state index >= 15 is 0 Å². The Morgan fingerprint density at radius 2 is 2.31 bits per heavy atom. The van der Waals surface area contributed by atoms with E-state index in [1.807, 2.05) is 6.92 Å². The maximum absolute atomic E-state index is 11.1. The summed E-state index contributed by atoms with van der Waals surface area (Å²) in [6.07, 6.45) is 1.93. The van der Waals surface area contributed by atoms with E-state index in [-0.39, 0.29) is 11.6 Å². The van der Waals surface area contributed by atoms with Crippen molar-refractivity contribution in [2.45, 2.75) is 26.2 Å². The lowest BCUT2D eigenvalue weighted by Gasteiger charge is -2.01.